The molecule has 0 unspecified atom stereocenters. The standard InChI is InChI=1S/C13H7NO5/c15-12(16)9-6-18-11(14-9)8-5-7-3-1-2-4-10(7)19-13(8)17/h1-6H,(H,15,16). The molecule has 0 bridgehead atoms. The Hall–Kier alpha value is -2.89. The number of carbonyl (C=O) groups is 1. The lowest BCUT2D eigenvalue weighted by molar-refractivity contribution is 0.0690. The van der Waals surface area contributed by atoms with E-state index in [0.29, 0.717) is 11.0 Å². The summed E-state index contributed by atoms with van der Waals surface area (Å²) in [5.74, 6) is -1.29. The number of carboxylic acids is 1. The predicted molar refractivity (Wildman–Crippen MR) is 64.9 cm³/mol. The summed E-state index contributed by atoms with van der Waals surface area (Å²) in [6.45, 7) is 0. The number of hydrogen-bond acceptors (Lipinski definition) is 5. The summed E-state index contributed by atoms with van der Waals surface area (Å²) in [5, 5.41) is 9.46. The Morgan fingerprint density at radius 2 is 2.05 bits per heavy atom. The van der Waals surface area contributed by atoms with Crippen molar-refractivity contribution < 1.29 is 18.7 Å². The Bertz CT molecular complexity index is 830. The van der Waals surface area contributed by atoms with Crippen molar-refractivity contribution in [1.82, 2.24) is 4.98 Å². The Balaban J connectivity index is 2.21. The molecule has 2 heterocycles. The van der Waals surface area contributed by atoms with E-state index in [1.165, 1.54) is 0 Å². The van der Waals surface area contributed by atoms with E-state index < -0.39 is 11.6 Å². The maximum absolute atomic E-state index is 11.8. The van der Waals surface area contributed by atoms with Crippen LogP contribution in [0.5, 0.6) is 0 Å². The van der Waals surface area contributed by atoms with Crippen molar-refractivity contribution in [2.24, 2.45) is 0 Å². The number of oxazole rings is 1. The van der Waals surface area contributed by atoms with Crippen LogP contribution in [0.15, 0.2) is 50.2 Å². The smallest absolute Gasteiger partial charge is 0.357 e. The quantitative estimate of drug-likeness (QED) is 0.707. The van der Waals surface area contributed by atoms with Crippen LogP contribution in [0.4, 0.5) is 0 Å². The molecule has 6 nitrogen and oxygen atoms in total. The van der Waals surface area contributed by atoms with Gasteiger partial charge in [0, 0.05) is 5.39 Å². The first kappa shape index (κ1) is 11.2. The molecule has 0 atom stereocenters. The molecule has 2 aromatic heterocycles. The molecule has 0 saturated heterocycles. The van der Waals surface area contributed by atoms with Crippen molar-refractivity contribution in [3.63, 3.8) is 0 Å². The van der Waals surface area contributed by atoms with Gasteiger partial charge in [0.15, 0.2) is 5.69 Å². The van der Waals surface area contributed by atoms with Gasteiger partial charge in [-0.25, -0.2) is 14.6 Å². The van der Waals surface area contributed by atoms with Crippen LogP contribution in [0, 0.1) is 0 Å². The molecule has 1 N–H and O–H groups in total. The van der Waals surface area contributed by atoms with Crippen molar-refractivity contribution in [3.05, 3.63) is 52.7 Å². The third-order valence-corrected chi connectivity index (χ3v) is 2.60. The van der Waals surface area contributed by atoms with Gasteiger partial charge in [0.2, 0.25) is 5.89 Å². The van der Waals surface area contributed by atoms with Gasteiger partial charge in [0.25, 0.3) is 0 Å². The van der Waals surface area contributed by atoms with Crippen molar-refractivity contribution in [3.8, 4) is 11.5 Å². The minimum Gasteiger partial charge on any atom is -0.476 e. The fraction of sp³-hybridized carbons (Fsp3) is 0. The molecular formula is C13H7NO5. The van der Waals surface area contributed by atoms with Crippen molar-refractivity contribution in [1.29, 1.82) is 0 Å². The minimum atomic E-state index is -1.22. The fourth-order valence-corrected chi connectivity index (χ4v) is 1.71. The summed E-state index contributed by atoms with van der Waals surface area (Å²) in [5.41, 5.74) is -0.354. The van der Waals surface area contributed by atoms with E-state index in [2.05, 4.69) is 4.98 Å². The minimum absolute atomic E-state index is 0.0723. The topological polar surface area (TPSA) is 93.5 Å². The number of hydrogen-bond donors (Lipinski definition) is 1. The first-order valence-corrected chi connectivity index (χ1v) is 5.37. The lowest BCUT2D eigenvalue weighted by Gasteiger charge is -1.97. The highest BCUT2D eigenvalue weighted by molar-refractivity contribution is 5.86. The van der Waals surface area contributed by atoms with Gasteiger partial charge in [-0.05, 0) is 12.1 Å². The van der Waals surface area contributed by atoms with Crippen LogP contribution in [0.1, 0.15) is 10.5 Å². The Labute approximate surface area is 105 Å². The van der Waals surface area contributed by atoms with Crippen LogP contribution >= 0.6 is 0 Å². The van der Waals surface area contributed by atoms with Gasteiger partial charge in [0.1, 0.15) is 17.4 Å². The van der Waals surface area contributed by atoms with Crippen LogP contribution < -0.4 is 5.63 Å². The molecule has 0 spiro atoms. The number of benzene rings is 1. The molecular weight excluding hydrogens is 250 g/mol. The lowest BCUT2D eigenvalue weighted by Crippen LogP contribution is -2.03. The van der Waals surface area contributed by atoms with E-state index >= 15 is 0 Å². The second-order valence-corrected chi connectivity index (χ2v) is 3.83. The molecule has 0 amide bonds. The molecule has 6 heteroatoms. The van der Waals surface area contributed by atoms with Crippen LogP contribution in [0.25, 0.3) is 22.4 Å². The summed E-state index contributed by atoms with van der Waals surface area (Å²) >= 11 is 0. The van der Waals surface area contributed by atoms with E-state index in [9.17, 15) is 9.59 Å². The van der Waals surface area contributed by atoms with Crippen LogP contribution in [0.2, 0.25) is 0 Å². The molecule has 1 aromatic carbocycles. The first-order chi connectivity index (χ1) is 9.15. The Morgan fingerprint density at radius 1 is 1.26 bits per heavy atom. The Kier molecular flexibility index (Phi) is 2.42. The zero-order chi connectivity index (χ0) is 13.4. The predicted octanol–water partition coefficient (Wildman–Crippen LogP) is 2.15. The molecule has 0 fully saturated rings. The highest BCUT2D eigenvalue weighted by Crippen LogP contribution is 2.20. The highest BCUT2D eigenvalue weighted by atomic mass is 16.4. The van der Waals surface area contributed by atoms with Crippen molar-refractivity contribution in [2.45, 2.75) is 0 Å². The van der Waals surface area contributed by atoms with Crippen LogP contribution in [-0.4, -0.2) is 16.1 Å². The second kappa shape index (κ2) is 4.09. The van der Waals surface area contributed by atoms with E-state index in [4.69, 9.17) is 13.9 Å². The third kappa shape index (κ3) is 1.89. The number of nitrogens with zero attached hydrogens (tertiary/aromatic N) is 1. The number of para-hydroxylation sites is 1. The maximum atomic E-state index is 11.8. The Morgan fingerprint density at radius 3 is 2.79 bits per heavy atom. The largest absolute Gasteiger partial charge is 0.476 e. The highest BCUT2D eigenvalue weighted by Gasteiger charge is 2.16. The SMILES string of the molecule is O=C(O)c1coc(-c2cc3ccccc3oc2=O)n1. The summed E-state index contributed by atoms with van der Waals surface area (Å²) in [4.78, 5) is 26.2. The normalized spacial score (nSPS) is 10.7. The molecule has 0 aliphatic rings. The zero-order valence-electron chi connectivity index (χ0n) is 9.49. The van der Waals surface area contributed by atoms with Gasteiger partial charge >= 0.3 is 11.6 Å². The van der Waals surface area contributed by atoms with E-state index in [1.807, 2.05) is 0 Å². The summed E-state index contributed by atoms with van der Waals surface area (Å²) < 4.78 is 10.1. The van der Waals surface area contributed by atoms with Crippen molar-refractivity contribution >= 4 is 16.9 Å². The number of rotatable bonds is 2. The maximum Gasteiger partial charge on any atom is 0.357 e. The van der Waals surface area contributed by atoms with Crippen molar-refractivity contribution in [2.75, 3.05) is 0 Å². The summed E-state index contributed by atoms with van der Waals surface area (Å²) in [7, 11) is 0. The number of fused-ring (bicyclic) bond motifs is 1. The molecule has 3 rings (SSSR count). The summed E-state index contributed by atoms with van der Waals surface area (Å²) in [6.07, 6.45) is 0.978. The first-order valence-electron chi connectivity index (χ1n) is 5.37. The monoisotopic (exact) mass is 257 g/mol. The van der Waals surface area contributed by atoms with Gasteiger partial charge in [-0.1, -0.05) is 18.2 Å². The molecule has 94 valence electrons. The molecule has 19 heavy (non-hydrogen) atoms. The third-order valence-electron chi connectivity index (χ3n) is 2.60. The fourth-order valence-electron chi connectivity index (χ4n) is 1.71. The van der Waals surface area contributed by atoms with E-state index in [0.717, 1.165) is 6.26 Å². The van der Waals surface area contributed by atoms with Crippen LogP contribution in [0.3, 0.4) is 0 Å². The number of aromatic carboxylic acids is 1. The lowest BCUT2D eigenvalue weighted by atomic mass is 10.2. The van der Waals surface area contributed by atoms with Gasteiger partial charge in [-0.3, -0.25) is 0 Å². The molecule has 0 saturated carbocycles. The number of carboxylic acid groups (broad SMARTS) is 1. The molecule has 0 radical (unpaired) electrons. The molecule has 3 aromatic rings. The molecule has 0 aliphatic heterocycles. The van der Waals surface area contributed by atoms with E-state index in [1.54, 1.807) is 30.3 Å². The zero-order valence-corrected chi connectivity index (χ0v) is 9.49. The van der Waals surface area contributed by atoms with Gasteiger partial charge in [-0.2, -0.15) is 0 Å². The average Bonchev–Trinajstić information content (AvgIpc) is 2.87. The van der Waals surface area contributed by atoms with Gasteiger partial charge < -0.3 is 13.9 Å². The molecule has 0 aliphatic carbocycles. The van der Waals surface area contributed by atoms with E-state index in [-0.39, 0.29) is 17.1 Å². The van der Waals surface area contributed by atoms with Gasteiger partial charge in [0.05, 0.1) is 0 Å². The summed E-state index contributed by atoms with van der Waals surface area (Å²) in [6, 6.07) is 8.53. The number of aromatic nitrogens is 1. The second-order valence-electron chi connectivity index (χ2n) is 3.83. The average molecular weight is 257 g/mol. The van der Waals surface area contributed by atoms with Gasteiger partial charge in [-0.15, -0.1) is 0 Å². The van der Waals surface area contributed by atoms with Crippen LogP contribution in [-0.2, 0) is 0 Å².